The van der Waals surface area contributed by atoms with Crippen LogP contribution in [0.2, 0.25) is 0 Å². The van der Waals surface area contributed by atoms with Crippen molar-refractivity contribution >= 4 is 0 Å². The van der Waals surface area contributed by atoms with Crippen LogP contribution in [0.1, 0.15) is 77.6 Å². The molecule has 0 bridgehead atoms. The van der Waals surface area contributed by atoms with E-state index in [4.69, 9.17) is 0 Å². The molecular formula is C22H35F5. The maximum atomic E-state index is 15.0. The predicted molar refractivity (Wildman–Crippen MR) is 98.1 cm³/mol. The van der Waals surface area contributed by atoms with Crippen molar-refractivity contribution in [2.75, 3.05) is 0 Å². The summed E-state index contributed by atoms with van der Waals surface area (Å²) in [4.78, 5) is 0. The summed E-state index contributed by atoms with van der Waals surface area (Å²) >= 11 is 0. The first-order valence-corrected chi connectivity index (χ1v) is 11.1. The van der Waals surface area contributed by atoms with E-state index < -0.39 is 36.8 Å². The number of rotatable bonds is 5. The minimum absolute atomic E-state index is 0.104. The van der Waals surface area contributed by atoms with Crippen LogP contribution in [-0.2, 0) is 0 Å². The first-order chi connectivity index (χ1) is 12.9. The third-order valence-corrected chi connectivity index (χ3v) is 7.91. The van der Waals surface area contributed by atoms with Crippen molar-refractivity contribution in [3.63, 3.8) is 0 Å². The number of halogens is 5. The van der Waals surface area contributed by atoms with Crippen molar-refractivity contribution in [2.24, 2.45) is 35.5 Å². The summed E-state index contributed by atoms with van der Waals surface area (Å²) in [6, 6.07) is 0. The molecule has 0 saturated heterocycles. The van der Waals surface area contributed by atoms with Gasteiger partial charge in [0, 0.05) is 0 Å². The second-order valence-electron chi connectivity index (χ2n) is 9.50. The SMILES string of the molecule is CCCC1CCC(C2CCC(C3CC(F)C(C(F)F)C(F)C3)C(F)C2)CC1. The lowest BCUT2D eigenvalue weighted by Gasteiger charge is -2.44. The van der Waals surface area contributed by atoms with E-state index in [2.05, 4.69) is 6.92 Å². The molecule has 158 valence electrons. The molecule has 0 aromatic heterocycles. The Morgan fingerprint density at radius 2 is 1.26 bits per heavy atom. The van der Waals surface area contributed by atoms with Crippen LogP contribution in [0.3, 0.4) is 0 Å². The van der Waals surface area contributed by atoms with Crippen molar-refractivity contribution < 1.29 is 22.0 Å². The van der Waals surface area contributed by atoms with E-state index in [0.717, 1.165) is 12.3 Å². The minimum Gasteiger partial charge on any atom is -0.247 e. The van der Waals surface area contributed by atoms with Crippen LogP contribution in [0.4, 0.5) is 22.0 Å². The molecule has 0 heterocycles. The summed E-state index contributed by atoms with van der Waals surface area (Å²) in [5, 5.41) is 0. The van der Waals surface area contributed by atoms with E-state index in [1.54, 1.807) is 0 Å². The third-order valence-electron chi connectivity index (χ3n) is 7.91. The topological polar surface area (TPSA) is 0 Å². The molecule has 0 aliphatic heterocycles. The lowest BCUT2D eigenvalue weighted by atomic mass is 9.63. The quantitative estimate of drug-likeness (QED) is 0.429. The zero-order valence-corrected chi connectivity index (χ0v) is 16.4. The molecule has 0 aromatic carbocycles. The third kappa shape index (κ3) is 4.98. The fourth-order valence-corrected chi connectivity index (χ4v) is 6.37. The molecule has 3 aliphatic rings. The molecule has 3 saturated carbocycles. The van der Waals surface area contributed by atoms with E-state index in [1.165, 1.54) is 38.5 Å². The highest BCUT2D eigenvalue weighted by atomic mass is 19.3. The highest BCUT2D eigenvalue weighted by Crippen LogP contribution is 2.48. The van der Waals surface area contributed by atoms with Gasteiger partial charge in [-0.05, 0) is 74.5 Å². The lowest BCUT2D eigenvalue weighted by Crippen LogP contribution is -2.44. The van der Waals surface area contributed by atoms with Crippen LogP contribution in [0.25, 0.3) is 0 Å². The molecule has 0 N–H and O–H groups in total. The average Bonchev–Trinajstić information content (AvgIpc) is 2.61. The molecule has 5 unspecified atom stereocenters. The van der Waals surface area contributed by atoms with Gasteiger partial charge in [0.15, 0.2) is 0 Å². The Balaban J connectivity index is 1.51. The van der Waals surface area contributed by atoms with Crippen molar-refractivity contribution in [3.05, 3.63) is 0 Å². The molecule has 5 atom stereocenters. The van der Waals surface area contributed by atoms with E-state index in [-0.39, 0.29) is 18.8 Å². The van der Waals surface area contributed by atoms with Gasteiger partial charge in [0.25, 0.3) is 0 Å². The first kappa shape index (κ1) is 21.4. The molecule has 5 heteroatoms. The molecule has 0 spiro atoms. The van der Waals surface area contributed by atoms with Gasteiger partial charge in [-0.15, -0.1) is 0 Å². The normalized spacial score (nSPS) is 46.6. The Labute approximate surface area is 160 Å². The molecule has 0 aromatic rings. The van der Waals surface area contributed by atoms with Gasteiger partial charge in [-0.3, -0.25) is 0 Å². The highest BCUT2D eigenvalue weighted by molar-refractivity contribution is 4.95. The Bertz CT molecular complexity index is 436. The minimum atomic E-state index is -2.98. The summed E-state index contributed by atoms with van der Waals surface area (Å²) < 4.78 is 68.9. The van der Waals surface area contributed by atoms with Crippen LogP contribution >= 0.6 is 0 Å². The van der Waals surface area contributed by atoms with Crippen molar-refractivity contribution in [1.29, 1.82) is 0 Å². The number of alkyl halides is 5. The summed E-state index contributed by atoms with van der Waals surface area (Å²) in [5.74, 6) is -0.798. The zero-order valence-electron chi connectivity index (χ0n) is 16.4. The lowest BCUT2D eigenvalue weighted by molar-refractivity contribution is -0.0729. The molecule has 0 nitrogen and oxygen atoms in total. The van der Waals surface area contributed by atoms with Gasteiger partial charge in [0.1, 0.15) is 18.5 Å². The number of hydrogen-bond donors (Lipinski definition) is 0. The second kappa shape index (κ2) is 9.43. The van der Waals surface area contributed by atoms with Crippen molar-refractivity contribution in [2.45, 2.75) is 102 Å². The van der Waals surface area contributed by atoms with Crippen molar-refractivity contribution in [1.82, 2.24) is 0 Å². The van der Waals surface area contributed by atoms with Crippen LogP contribution in [0.5, 0.6) is 0 Å². The standard InChI is InChI=1S/C22H35F5/c1-2-3-13-4-6-14(7-5-13)15-8-9-17(18(23)10-15)16-11-19(24)21(22(26)27)20(25)12-16/h13-22H,2-12H2,1H3. The van der Waals surface area contributed by atoms with Crippen LogP contribution in [0, 0.1) is 35.5 Å². The Morgan fingerprint density at radius 1 is 0.704 bits per heavy atom. The van der Waals surface area contributed by atoms with E-state index in [1.807, 2.05) is 0 Å². The van der Waals surface area contributed by atoms with Gasteiger partial charge in [0.05, 0.1) is 5.92 Å². The summed E-state index contributed by atoms with van der Waals surface area (Å²) in [6.07, 6.45) is 1.55. The van der Waals surface area contributed by atoms with E-state index in [0.29, 0.717) is 24.7 Å². The van der Waals surface area contributed by atoms with Gasteiger partial charge in [-0.25, -0.2) is 22.0 Å². The molecule has 0 amide bonds. The van der Waals surface area contributed by atoms with Crippen LogP contribution in [0.15, 0.2) is 0 Å². The van der Waals surface area contributed by atoms with Gasteiger partial charge in [-0.2, -0.15) is 0 Å². The molecule has 3 aliphatic carbocycles. The smallest absolute Gasteiger partial charge is 0.247 e. The molecule has 27 heavy (non-hydrogen) atoms. The average molecular weight is 395 g/mol. The van der Waals surface area contributed by atoms with E-state index in [9.17, 15) is 22.0 Å². The zero-order chi connectivity index (χ0) is 19.6. The summed E-state index contributed by atoms with van der Waals surface area (Å²) in [5.41, 5.74) is 0. The maximum Gasteiger partial charge on any atom is 0.247 e. The van der Waals surface area contributed by atoms with Gasteiger partial charge < -0.3 is 0 Å². The van der Waals surface area contributed by atoms with Gasteiger partial charge >= 0.3 is 0 Å². The molecule has 0 radical (unpaired) electrons. The Kier molecular flexibility index (Phi) is 7.46. The molecular weight excluding hydrogens is 359 g/mol. The van der Waals surface area contributed by atoms with Gasteiger partial charge in [0.2, 0.25) is 6.43 Å². The van der Waals surface area contributed by atoms with Crippen LogP contribution < -0.4 is 0 Å². The Morgan fingerprint density at radius 3 is 1.78 bits per heavy atom. The van der Waals surface area contributed by atoms with Crippen molar-refractivity contribution in [3.8, 4) is 0 Å². The predicted octanol–water partition coefficient (Wildman–Crippen LogP) is 7.31. The summed E-state index contributed by atoms with van der Waals surface area (Å²) in [7, 11) is 0. The van der Waals surface area contributed by atoms with Gasteiger partial charge in [-0.1, -0.05) is 32.6 Å². The largest absolute Gasteiger partial charge is 0.247 e. The number of hydrogen-bond acceptors (Lipinski definition) is 0. The van der Waals surface area contributed by atoms with Crippen LogP contribution in [-0.4, -0.2) is 24.9 Å². The maximum absolute atomic E-state index is 15.0. The first-order valence-electron chi connectivity index (χ1n) is 11.1. The van der Waals surface area contributed by atoms with E-state index >= 15 is 0 Å². The molecule has 3 rings (SSSR count). The fraction of sp³-hybridized carbons (Fsp3) is 1.00. The second-order valence-corrected chi connectivity index (χ2v) is 9.50. The monoisotopic (exact) mass is 394 g/mol. The Hall–Kier alpha value is -0.350. The fourth-order valence-electron chi connectivity index (χ4n) is 6.37. The molecule has 3 fully saturated rings. The highest BCUT2D eigenvalue weighted by Gasteiger charge is 2.48. The summed E-state index contributed by atoms with van der Waals surface area (Å²) in [6.45, 7) is 2.22.